The van der Waals surface area contributed by atoms with Crippen LogP contribution in [0.25, 0.3) is 6.08 Å². The van der Waals surface area contributed by atoms with Gasteiger partial charge in [-0.25, -0.2) is 0 Å². The number of rotatable bonds is 3. The number of carbonyl (C=O) groups excluding carboxylic acids is 1. The average molecular weight is 311 g/mol. The van der Waals surface area contributed by atoms with E-state index in [1.807, 2.05) is 24.3 Å². The summed E-state index contributed by atoms with van der Waals surface area (Å²) < 4.78 is 16.7. The molecule has 1 heterocycles. The van der Waals surface area contributed by atoms with E-state index in [1.165, 1.54) is 0 Å². The molecule has 118 valence electrons. The molecule has 1 amide bonds. The molecule has 0 bridgehead atoms. The van der Waals surface area contributed by atoms with Gasteiger partial charge in [0, 0.05) is 11.6 Å². The number of amides is 1. The van der Waals surface area contributed by atoms with Crippen LogP contribution in [0.15, 0.2) is 52.8 Å². The van der Waals surface area contributed by atoms with Crippen molar-refractivity contribution in [3.8, 4) is 0 Å². The lowest BCUT2D eigenvalue weighted by Crippen LogP contribution is -2.28. The first kappa shape index (κ1) is 13.9. The maximum Gasteiger partial charge on any atom is 0.255 e. The van der Waals surface area contributed by atoms with Crippen molar-refractivity contribution in [1.29, 1.82) is 0 Å². The summed E-state index contributed by atoms with van der Waals surface area (Å²) in [6, 6.07) is 8.09. The molecule has 0 saturated carbocycles. The number of carbonyl (C=O) groups is 1. The molecule has 3 aliphatic rings. The normalized spacial score (nSPS) is 24.7. The third-order valence-electron chi connectivity index (χ3n) is 4.71. The molecule has 2 atom stereocenters. The molecule has 2 aliphatic carbocycles. The second kappa shape index (κ2) is 4.91. The zero-order valence-corrected chi connectivity index (χ0v) is 13.2. The van der Waals surface area contributed by atoms with Crippen LogP contribution in [0, 0.1) is 5.92 Å². The molecule has 4 rings (SSSR count). The van der Waals surface area contributed by atoms with Crippen molar-refractivity contribution in [2.24, 2.45) is 5.92 Å². The first-order chi connectivity index (χ1) is 11.2. The van der Waals surface area contributed by atoms with Gasteiger partial charge in [-0.1, -0.05) is 24.3 Å². The van der Waals surface area contributed by atoms with Gasteiger partial charge in [0.2, 0.25) is 0 Å². The summed E-state index contributed by atoms with van der Waals surface area (Å²) in [5.74, 6) is 1.26. The van der Waals surface area contributed by atoms with Crippen LogP contribution in [-0.4, -0.2) is 27.2 Å². The van der Waals surface area contributed by atoms with Crippen LogP contribution in [0.4, 0.5) is 0 Å². The number of benzene rings is 1. The minimum Gasteiger partial charge on any atom is -0.496 e. The molecule has 2 unspecified atom stereocenters. The highest BCUT2D eigenvalue weighted by atomic mass is 16.5. The van der Waals surface area contributed by atoms with Crippen LogP contribution in [0.2, 0.25) is 0 Å². The lowest BCUT2D eigenvalue weighted by molar-refractivity contribution is -0.116. The zero-order valence-electron chi connectivity index (χ0n) is 13.2. The molecule has 23 heavy (non-hydrogen) atoms. The van der Waals surface area contributed by atoms with E-state index >= 15 is 0 Å². The van der Waals surface area contributed by atoms with Gasteiger partial charge in [0.25, 0.3) is 5.91 Å². The quantitative estimate of drug-likeness (QED) is 0.930. The van der Waals surface area contributed by atoms with Crippen LogP contribution in [0.3, 0.4) is 0 Å². The number of allylic oxidation sites excluding steroid dienone is 2. The summed E-state index contributed by atoms with van der Waals surface area (Å²) in [6.45, 7) is 0. The van der Waals surface area contributed by atoms with Crippen molar-refractivity contribution in [3.63, 3.8) is 0 Å². The van der Waals surface area contributed by atoms with Gasteiger partial charge in [-0.2, -0.15) is 0 Å². The molecule has 5 heteroatoms. The molecule has 0 spiro atoms. The van der Waals surface area contributed by atoms with E-state index in [-0.39, 0.29) is 17.7 Å². The summed E-state index contributed by atoms with van der Waals surface area (Å²) in [7, 11) is 4.73. The minimum absolute atomic E-state index is 0.0981. The van der Waals surface area contributed by atoms with Gasteiger partial charge >= 0.3 is 0 Å². The zero-order chi connectivity index (χ0) is 16.1. The van der Waals surface area contributed by atoms with Crippen molar-refractivity contribution < 1.29 is 19.0 Å². The van der Waals surface area contributed by atoms with E-state index < -0.39 is 0 Å². The lowest BCUT2D eigenvalue weighted by Gasteiger charge is -2.35. The molecule has 1 aromatic rings. The lowest BCUT2D eigenvalue weighted by atomic mass is 9.71. The maximum atomic E-state index is 12.5. The first-order valence-corrected chi connectivity index (χ1v) is 7.43. The van der Waals surface area contributed by atoms with E-state index in [4.69, 9.17) is 14.2 Å². The number of hydrogen-bond acceptors (Lipinski definition) is 4. The van der Waals surface area contributed by atoms with Gasteiger partial charge in [-0.05, 0) is 17.2 Å². The molecule has 0 aromatic heterocycles. The Labute approximate surface area is 134 Å². The summed E-state index contributed by atoms with van der Waals surface area (Å²) in [6.07, 6.45) is 2.03. The molecule has 1 saturated heterocycles. The first-order valence-electron chi connectivity index (χ1n) is 7.43. The number of nitrogens with one attached hydrogen (secondary N) is 1. The largest absolute Gasteiger partial charge is 0.496 e. The van der Waals surface area contributed by atoms with Crippen LogP contribution in [0.1, 0.15) is 17.0 Å². The van der Waals surface area contributed by atoms with Crippen LogP contribution >= 0.6 is 0 Å². The van der Waals surface area contributed by atoms with Gasteiger partial charge < -0.3 is 19.5 Å². The molecular formula is C18H17NO4. The van der Waals surface area contributed by atoms with Gasteiger partial charge in [0.05, 0.1) is 32.8 Å². The Balaban J connectivity index is 2.05. The molecular weight excluding hydrogens is 294 g/mol. The summed E-state index contributed by atoms with van der Waals surface area (Å²) >= 11 is 0. The van der Waals surface area contributed by atoms with Crippen molar-refractivity contribution in [2.45, 2.75) is 5.92 Å². The number of fused-ring (bicyclic) bond motifs is 2. The topological polar surface area (TPSA) is 56.8 Å². The van der Waals surface area contributed by atoms with Gasteiger partial charge in [-0.3, -0.25) is 4.79 Å². The highest BCUT2D eigenvalue weighted by molar-refractivity contribution is 6.02. The predicted molar refractivity (Wildman–Crippen MR) is 83.9 cm³/mol. The van der Waals surface area contributed by atoms with Gasteiger partial charge in [0.15, 0.2) is 11.5 Å². The summed E-state index contributed by atoms with van der Waals surface area (Å²) in [5, 5.41) is 2.97. The van der Waals surface area contributed by atoms with E-state index in [9.17, 15) is 4.79 Å². The number of ether oxygens (including phenoxy) is 3. The highest BCUT2D eigenvalue weighted by Crippen LogP contribution is 2.53. The van der Waals surface area contributed by atoms with Crippen molar-refractivity contribution in [1.82, 2.24) is 5.32 Å². The van der Waals surface area contributed by atoms with Crippen LogP contribution in [-0.2, 0) is 19.0 Å². The Morgan fingerprint density at radius 2 is 1.70 bits per heavy atom. The third kappa shape index (κ3) is 1.70. The molecule has 1 N–H and O–H groups in total. The summed E-state index contributed by atoms with van der Waals surface area (Å²) in [4.78, 5) is 12.5. The molecule has 1 fully saturated rings. The average Bonchev–Trinajstić information content (AvgIpc) is 2.90. The van der Waals surface area contributed by atoms with Crippen LogP contribution in [0.5, 0.6) is 0 Å². The monoisotopic (exact) mass is 311 g/mol. The standard InChI is InChI=1S/C18H17NO4/c1-21-15-12-10-7-5-4-6-9(10)8-11-13(12)14(18(20)19-11)16(22-2)17(15)23-3/h4-8,12-13H,1-3H3,(H,19,20). The van der Waals surface area contributed by atoms with Crippen LogP contribution < -0.4 is 5.32 Å². The van der Waals surface area contributed by atoms with Gasteiger partial charge in [-0.15, -0.1) is 0 Å². The predicted octanol–water partition coefficient (Wildman–Crippen LogP) is 2.29. The molecule has 0 radical (unpaired) electrons. The Kier molecular flexibility index (Phi) is 2.98. The Morgan fingerprint density at radius 3 is 2.39 bits per heavy atom. The van der Waals surface area contributed by atoms with Crippen molar-refractivity contribution in [2.75, 3.05) is 21.3 Å². The van der Waals surface area contributed by atoms with Crippen molar-refractivity contribution >= 4 is 12.0 Å². The Morgan fingerprint density at radius 1 is 0.957 bits per heavy atom. The number of methoxy groups -OCH3 is 3. The molecule has 1 aliphatic heterocycles. The second-order valence-electron chi connectivity index (χ2n) is 5.69. The molecule has 1 aromatic carbocycles. The highest BCUT2D eigenvalue weighted by Gasteiger charge is 2.51. The van der Waals surface area contributed by atoms with E-state index in [0.717, 1.165) is 16.8 Å². The Bertz CT molecular complexity index is 803. The fraction of sp³-hybridized carbons (Fsp3) is 0.278. The molecule has 5 nitrogen and oxygen atoms in total. The van der Waals surface area contributed by atoms with Crippen molar-refractivity contribution in [3.05, 3.63) is 63.9 Å². The van der Waals surface area contributed by atoms with E-state index in [1.54, 1.807) is 21.3 Å². The fourth-order valence-electron chi connectivity index (χ4n) is 3.85. The Hall–Kier alpha value is -2.69. The summed E-state index contributed by atoms with van der Waals surface area (Å²) in [5.41, 5.74) is 3.69. The fourth-order valence-corrected chi connectivity index (χ4v) is 3.85. The van der Waals surface area contributed by atoms with E-state index in [2.05, 4.69) is 11.4 Å². The van der Waals surface area contributed by atoms with Gasteiger partial charge in [0.1, 0.15) is 5.76 Å². The van der Waals surface area contributed by atoms with E-state index in [0.29, 0.717) is 22.9 Å². The maximum absolute atomic E-state index is 12.5. The second-order valence-corrected chi connectivity index (χ2v) is 5.69. The smallest absolute Gasteiger partial charge is 0.255 e. The number of hydrogen-bond donors (Lipinski definition) is 1. The third-order valence-corrected chi connectivity index (χ3v) is 4.71. The minimum atomic E-state index is -0.138. The SMILES string of the molecule is COC1=C2C(=O)NC3=Cc4ccccc4C(C(OC)=C1OC)C32.